The highest BCUT2D eigenvalue weighted by molar-refractivity contribution is 5.98. The summed E-state index contributed by atoms with van der Waals surface area (Å²) in [5, 5.41) is 0. The summed E-state index contributed by atoms with van der Waals surface area (Å²) in [6.07, 6.45) is 2.23. The standard InChI is InChI=1S/C27H45NO5/c1-19(2)21(17-27(28,18-29)24(30)33-26(6,7)8)15-20-11-12-22(25(3,4)5)23(16-20)32-14-10-13-31-9/h11-12,16,18-19,21H,10,13-15,17,28H2,1-9H3/t21-,27-/m0/s1. The number of rotatable bonds is 12. The van der Waals surface area contributed by atoms with Crippen LogP contribution in [0.4, 0.5) is 0 Å². The second-order valence-corrected chi connectivity index (χ2v) is 11.3. The van der Waals surface area contributed by atoms with E-state index in [1.165, 1.54) is 0 Å². The summed E-state index contributed by atoms with van der Waals surface area (Å²) in [6.45, 7) is 17.2. The van der Waals surface area contributed by atoms with E-state index in [1.807, 2.05) is 0 Å². The maximum absolute atomic E-state index is 12.7. The quantitative estimate of drug-likeness (QED) is 0.206. The lowest BCUT2D eigenvalue weighted by molar-refractivity contribution is -0.163. The zero-order valence-electron chi connectivity index (χ0n) is 22.1. The first-order valence-corrected chi connectivity index (χ1v) is 11.9. The second-order valence-electron chi connectivity index (χ2n) is 11.3. The molecule has 0 amide bonds. The van der Waals surface area contributed by atoms with Gasteiger partial charge < -0.3 is 24.7 Å². The van der Waals surface area contributed by atoms with Gasteiger partial charge >= 0.3 is 5.97 Å². The van der Waals surface area contributed by atoms with Crippen LogP contribution in [0.3, 0.4) is 0 Å². The molecule has 0 radical (unpaired) electrons. The van der Waals surface area contributed by atoms with Gasteiger partial charge in [0.1, 0.15) is 11.4 Å². The van der Waals surface area contributed by atoms with Crippen molar-refractivity contribution in [2.75, 3.05) is 20.3 Å². The summed E-state index contributed by atoms with van der Waals surface area (Å²) in [5.74, 6) is 0.402. The van der Waals surface area contributed by atoms with Crippen molar-refractivity contribution in [1.29, 1.82) is 0 Å². The van der Waals surface area contributed by atoms with Crippen molar-refractivity contribution < 1.29 is 23.8 Å². The maximum atomic E-state index is 12.7. The molecule has 0 bridgehead atoms. The molecule has 6 heteroatoms. The van der Waals surface area contributed by atoms with Gasteiger partial charge in [-0.3, -0.25) is 0 Å². The molecule has 2 N–H and O–H groups in total. The normalized spacial score (nSPS) is 15.1. The van der Waals surface area contributed by atoms with Crippen LogP contribution in [0.25, 0.3) is 0 Å². The van der Waals surface area contributed by atoms with E-state index in [0.717, 1.165) is 23.3 Å². The fourth-order valence-electron chi connectivity index (χ4n) is 3.65. The summed E-state index contributed by atoms with van der Waals surface area (Å²) >= 11 is 0. The van der Waals surface area contributed by atoms with Crippen molar-refractivity contribution >= 4 is 12.3 Å². The predicted molar refractivity (Wildman–Crippen MR) is 133 cm³/mol. The van der Waals surface area contributed by atoms with Gasteiger partial charge in [-0.15, -0.1) is 0 Å². The molecule has 33 heavy (non-hydrogen) atoms. The van der Waals surface area contributed by atoms with Crippen molar-refractivity contribution in [2.24, 2.45) is 17.6 Å². The van der Waals surface area contributed by atoms with Crippen LogP contribution >= 0.6 is 0 Å². The number of aldehydes is 1. The number of esters is 1. The first-order chi connectivity index (χ1) is 15.1. The molecule has 0 aliphatic carbocycles. The monoisotopic (exact) mass is 463 g/mol. The van der Waals surface area contributed by atoms with Crippen molar-refractivity contribution in [2.45, 2.75) is 91.2 Å². The number of hydrogen-bond acceptors (Lipinski definition) is 6. The summed E-state index contributed by atoms with van der Waals surface area (Å²) in [7, 11) is 1.68. The van der Waals surface area contributed by atoms with E-state index < -0.39 is 17.1 Å². The third kappa shape index (κ3) is 9.46. The molecule has 0 saturated carbocycles. The Bertz CT molecular complexity index is 776. The SMILES string of the molecule is COCCCOc1cc(C[C@@H](C[C@](N)(C=O)C(=O)OC(C)(C)C)C(C)C)ccc1C(C)(C)C. The number of carbonyl (C=O) groups is 2. The molecule has 0 unspecified atom stereocenters. The van der Waals surface area contributed by atoms with E-state index in [4.69, 9.17) is 19.9 Å². The number of ether oxygens (including phenoxy) is 3. The largest absolute Gasteiger partial charge is 0.493 e. The lowest BCUT2D eigenvalue weighted by Crippen LogP contribution is -2.54. The summed E-state index contributed by atoms with van der Waals surface area (Å²) in [4.78, 5) is 24.6. The van der Waals surface area contributed by atoms with Crippen LogP contribution in [0.5, 0.6) is 5.75 Å². The number of carbonyl (C=O) groups excluding carboxylic acids is 2. The first-order valence-electron chi connectivity index (χ1n) is 11.9. The van der Waals surface area contributed by atoms with Crippen LogP contribution in [0.15, 0.2) is 18.2 Å². The molecule has 0 fully saturated rings. The van der Waals surface area contributed by atoms with Crippen LogP contribution in [-0.2, 0) is 30.9 Å². The van der Waals surface area contributed by atoms with E-state index in [-0.39, 0.29) is 23.7 Å². The van der Waals surface area contributed by atoms with Crippen LogP contribution in [0.2, 0.25) is 0 Å². The maximum Gasteiger partial charge on any atom is 0.334 e. The highest BCUT2D eigenvalue weighted by atomic mass is 16.6. The van der Waals surface area contributed by atoms with Crippen LogP contribution in [0.1, 0.15) is 79.4 Å². The summed E-state index contributed by atoms with van der Waals surface area (Å²) in [5.41, 5.74) is 6.04. The van der Waals surface area contributed by atoms with Gasteiger partial charge in [-0.05, 0) is 68.1 Å². The second kappa shape index (κ2) is 12.0. The molecule has 2 atom stereocenters. The minimum atomic E-state index is -1.67. The fraction of sp³-hybridized carbons (Fsp3) is 0.704. The molecule has 188 valence electrons. The number of hydrogen-bond donors (Lipinski definition) is 1. The molecule has 0 spiro atoms. The highest BCUT2D eigenvalue weighted by Gasteiger charge is 2.40. The average molecular weight is 464 g/mol. The average Bonchev–Trinajstić information content (AvgIpc) is 2.68. The Morgan fingerprint density at radius 2 is 1.73 bits per heavy atom. The smallest absolute Gasteiger partial charge is 0.334 e. The highest BCUT2D eigenvalue weighted by Crippen LogP contribution is 2.34. The Morgan fingerprint density at radius 1 is 1.09 bits per heavy atom. The molecule has 0 aromatic heterocycles. The van der Waals surface area contributed by atoms with E-state index in [1.54, 1.807) is 27.9 Å². The molecule has 6 nitrogen and oxygen atoms in total. The van der Waals surface area contributed by atoms with Gasteiger partial charge in [0.25, 0.3) is 0 Å². The van der Waals surface area contributed by atoms with Gasteiger partial charge in [-0.2, -0.15) is 0 Å². The van der Waals surface area contributed by atoms with Gasteiger partial charge in [0.05, 0.1) is 6.61 Å². The van der Waals surface area contributed by atoms with Gasteiger partial charge in [0.15, 0.2) is 11.8 Å². The fourth-order valence-corrected chi connectivity index (χ4v) is 3.65. The Morgan fingerprint density at radius 3 is 2.21 bits per heavy atom. The third-order valence-corrected chi connectivity index (χ3v) is 5.63. The predicted octanol–water partition coefficient (Wildman–Crippen LogP) is 4.84. The molecular formula is C27H45NO5. The Balaban J connectivity index is 3.15. The van der Waals surface area contributed by atoms with Crippen LogP contribution in [0, 0.1) is 11.8 Å². The first kappa shape index (κ1) is 29.1. The van der Waals surface area contributed by atoms with Crippen LogP contribution in [-0.4, -0.2) is 43.7 Å². The third-order valence-electron chi connectivity index (χ3n) is 5.63. The molecule has 1 aromatic carbocycles. The summed E-state index contributed by atoms with van der Waals surface area (Å²) < 4.78 is 16.7. The van der Waals surface area contributed by atoms with Crippen molar-refractivity contribution in [3.63, 3.8) is 0 Å². The Kier molecular flexibility index (Phi) is 10.6. The lowest BCUT2D eigenvalue weighted by Gasteiger charge is -2.32. The Labute approximate surface area is 200 Å². The number of benzene rings is 1. The van der Waals surface area contributed by atoms with Gasteiger partial charge in [0.2, 0.25) is 0 Å². The lowest BCUT2D eigenvalue weighted by atomic mass is 9.78. The van der Waals surface area contributed by atoms with E-state index in [0.29, 0.717) is 25.9 Å². The zero-order chi connectivity index (χ0) is 25.4. The molecule has 1 rings (SSSR count). The zero-order valence-corrected chi connectivity index (χ0v) is 22.1. The van der Waals surface area contributed by atoms with Crippen LogP contribution < -0.4 is 10.5 Å². The molecule has 0 aliphatic heterocycles. The molecule has 0 saturated heterocycles. The number of methoxy groups -OCH3 is 1. The molecule has 0 heterocycles. The van der Waals surface area contributed by atoms with Crippen molar-refractivity contribution in [1.82, 2.24) is 0 Å². The minimum absolute atomic E-state index is 0.00884. The van der Waals surface area contributed by atoms with Gasteiger partial charge in [0, 0.05) is 20.1 Å². The molecular weight excluding hydrogens is 418 g/mol. The summed E-state index contributed by atoms with van der Waals surface area (Å²) in [6, 6.07) is 6.29. The minimum Gasteiger partial charge on any atom is -0.493 e. The van der Waals surface area contributed by atoms with Crippen molar-refractivity contribution in [3.8, 4) is 5.75 Å². The molecule has 0 aliphatic rings. The van der Waals surface area contributed by atoms with Gasteiger partial charge in [-0.25, -0.2) is 4.79 Å². The van der Waals surface area contributed by atoms with E-state index in [2.05, 4.69) is 52.8 Å². The van der Waals surface area contributed by atoms with E-state index >= 15 is 0 Å². The van der Waals surface area contributed by atoms with Crippen molar-refractivity contribution in [3.05, 3.63) is 29.3 Å². The molecule has 1 aromatic rings. The topological polar surface area (TPSA) is 87.9 Å². The Hall–Kier alpha value is -1.92. The van der Waals surface area contributed by atoms with E-state index in [9.17, 15) is 9.59 Å². The number of nitrogens with two attached hydrogens (primary N) is 1. The van der Waals surface area contributed by atoms with Gasteiger partial charge in [-0.1, -0.05) is 46.8 Å².